The molecule has 4 nitrogen and oxygen atoms in total. The molecule has 0 aromatic heterocycles. The number of aliphatic hydroxyl groups is 1. The minimum atomic E-state index is 0.0680. The van der Waals surface area contributed by atoms with Crippen molar-refractivity contribution < 1.29 is 9.90 Å². The van der Waals surface area contributed by atoms with E-state index in [9.17, 15) is 9.90 Å². The first-order valence-corrected chi connectivity index (χ1v) is 8.30. The van der Waals surface area contributed by atoms with E-state index in [-0.39, 0.29) is 5.91 Å². The van der Waals surface area contributed by atoms with Crippen molar-refractivity contribution in [3.8, 4) is 0 Å². The summed E-state index contributed by atoms with van der Waals surface area (Å²) >= 11 is 0. The average Bonchev–Trinajstić information content (AvgIpc) is 2.96. The van der Waals surface area contributed by atoms with Gasteiger partial charge in [-0.25, -0.2) is 0 Å². The molecular weight excluding hydrogens is 276 g/mol. The zero-order valence-corrected chi connectivity index (χ0v) is 13.9. The minimum Gasteiger partial charge on any atom is -0.395 e. The summed E-state index contributed by atoms with van der Waals surface area (Å²) in [7, 11) is 0. The molecular formula is C18H30N2O2. The van der Waals surface area contributed by atoms with Crippen LogP contribution in [-0.4, -0.2) is 41.7 Å². The van der Waals surface area contributed by atoms with Crippen molar-refractivity contribution in [2.75, 3.05) is 19.7 Å². The van der Waals surface area contributed by atoms with E-state index < -0.39 is 0 Å². The molecule has 2 N–H and O–H groups in total. The molecule has 1 amide bonds. The lowest BCUT2D eigenvalue weighted by Crippen LogP contribution is -2.31. The van der Waals surface area contributed by atoms with Crippen LogP contribution in [0.1, 0.15) is 45.1 Å². The highest BCUT2D eigenvalue weighted by Crippen LogP contribution is 2.19. The zero-order valence-electron chi connectivity index (χ0n) is 13.9. The zero-order chi connectivity index (χ0) is 16.2. The number of unbranched alkanes of at least 4 members (excludes halogenated alkanes) is 1. The fourth-order valence-corrected chi connectivity index (χ4v) is 2.57. The first-order valence-electron chi connectivity index (χ1n) is 8.30. The number of hydrogen-bond acceptors (Lipinski definition) is 3. The molecule has 0 saturated carbocycles. The second-order valence-electron chi connectivity index (χ2n) is 5.77. The van der Waals surface area contributed by atoms with Crippen LogP contribution in [0.3, 0.4) is 0 Å². The molecule has 1 saturated heterocycles. The van der Waals surface area contributed by atoms with Gasteiger partial charge in [0.25, 0.3) is 0 Å². The van der Waals surface area contributed by atoms with Crippen LogP contribution in [0.4, 0.5) is 0 Å². The fraction of sp³-hybridized carbons (Fsp3) is 0.611. The molecule has 1 heterocycles. The molecule has 1 aromatic rings. The topological polar surface area (TPSA) is 52.6 Å². The number of amides is 1. The quantitative estimate of drug-likeness (QED) is 0.794. The number of rotatable bonds is 6. The Hall–Kier alpha value is -1.39. The van der Waals surface area contributed by atoms with Gasteiger partial charge in [0.15, 0.2) is 0 Å². The summed E-state index contributed by atoms with van der Waals surface area (Å²) in [5.41, 5.74) is 1.34. The number of nitrogens with zero attached hydrogens (tertiary/aromatic N) is 1. The van der Waals surface area contributed by atoms with Crippen LogP contribution in [-0.2, 0) is 11.3 Å². The highest BCUT2D eigenvalue weighted by atomic mass is 16.3. The number of carbonyl (C=O) groups is 1. The van der Waals surface area contributed by atoms with E-state index in [2.05, 4.69) is 41.4 Å². The number of benzene rings is 1. The molecule has 22 heavy (non-hydrogen) atoms. The SMILES string of the molecule is CCCCNC(C)=O.OCC1CCCN1Cc1ccccc1. The molecule has 4 heteroatoms. The molecule has 0 aliphatic carbocycles. The third-order valence-corrected chi connectivity index (χ3v) is 3.84. The summed E-state index contributed by atoms with van der Waals surface area (Å²) in [6, 6.07) is 10.9. The van der Waals surface area contributed by atoms with Crippen LogP contribution >= 0.6 is 0 Å². The second-order valence-corrected chi connectivity index (χ2v) is 5.77. The summed E-state index contributed by atoms with van der Waals surface area (Å²) in [5, 5.41) is 11.9. The number of aliphatic hydroxyl groups excluding tert-OH is 1. The van der Waals surface area contributed by atoms with Crippen molar-refractivity contribution >= 4 is 5.91 Å². The van der Waals surface area contributed by atoms with Crippen LogP contribution < -0.4 is 5.32 Å². The van der Waals surface area contributed by atoms with Gasteiger partial charge in [-0.2, -0.15) is 0 Å². The van der Waals surface area contributed by atoms with Gasteiger partial charge >= 0.3 is 0 Å². The molecule has 0 spiro atoms. The van der Waals surface area contributed by atoms with Crippen LogP contribution in [0.2, 0.25) is 0 Å². The largest absolute Gasteiger partial charge is 0.395 e. The van der Waals surface area contributed by atoms with Crippen LogP contribution in [0, 0.1) is 0 Å². The number of carbonyl (C=O) groups excluding carboxylic acids is 1. The maximum absolute atomic E-state index is 10.2. The summed E-state index contributed by atoms with van der Waals surface area (Å²) in [6.45, 7) is 6.86. The van der Waals surface area contributed by atoms with Gasteiger partial charge in [0.1, 0.15) is 0 Å². The van der Waals surface area contributed by atoms with Gasteiger partial charge in [-0.15, -0.1) is 0 Å². The maximum Gasteiger partial charge on any atom is 0.216 e. The molecule has 1 aliphatic heterocycles. The van der Waals surface area contributed by atoms with Crippen molar-refractivity contribution in [1.29, 1.82) is 0 Å². The van der Waals surface area contributed by atoms with Gasteiger partial charge in [-0.05, 0) is 31.4 Å². The lowest BCUT2D eigenvalue weighted by molar-refractivity contribution is -0.118. The minimum absolute atomic E-state index is 0.0680. The van der Waals surface area contributed by atoms with E-state index >= 15 is 0 Å². The Morgan fingerprint density at radius 2 is 2.09 bits per heavy atom. The van der Waals surface area contributed by atoms with E-state index in [0.29, 0.717) is 12.6 Å². The van der Waals surface area contributed by atoms with Crippen molar-refractivity contribution in [3.63, 3.8) is 0 Å². The Balaban J connectivity index is 0.000000261. The summed E-state index contributed by atoms with van der Waals surface area (Å²) < 4.78 is 0. The third kappa shape index (κ3) is 7.57. The second kappa shape index (κ2) is 11.2. The van der Waals surface area contributed by atoms with Crippen LogP contribution in [0.15, 0.2) is 30.3 Å². The molecule has 1 aliphatic rings. The molecule has 0 bridgehead atoms. The fourth-order valence-electron chi connectivity index (χ4n) is 2.57. The Bertz CT molecular complexity index is 409. The number of hydrogen-bond donors (Lipinski definition) is 2. The first kappa shape index (κ1) is 18.7. The van der Waals surface area contributed by atoms with Crippen LogP contribution in [0.5, 0.6) is 0 Å². The Kier molecular flexibility index (Phi) is 9.51. The molecule has 0 radical (unpaired) electrons. The average molecular weight is 306 g/mol. The standard InChI is InChI=1S/C12H17NO.C6H13NO/c14-10-12-7-4-8-13(12)9-11-5-2-1-3-6-11;1-3-4-5-7-6(2)8/h1-3,5-6,12,14H,4,7-10H2;3-5H2,1-2H3,(H,7,8). The highest BCUT2D eigenvalue weighted by Gasteiger charge is 2.23. The van der Waals surface area contributed by atoms with Crippen molar-refractivity contribution in [3.05, 3.63) is 35.9 Å². The van der Waals surface area contributed by atoms with Gasteiger partial charge in [0, 0.05) is 26.1 Å². The van der Waals surface area contributed by atoms with Gasteiger partial charge < -0.3 is 10.4 Å². The van der Waals surface area contributed by atoms with Crippen molar-refractivity contribution in [2.24, 2.45) is 0 Å². The Labute approximate surface area is 134 Å². The molecule has 124 valence electrons. The van der Waals surface area contributed by atoms with E-state index in [1.807, 2.05) is 6.07 Å². The third-order valence-electron chi connectivity index (χ3n) is 3.84. The number of likely N-dealkylation sites (tertiary alicyclic amines) is 1. The first-order chi connectivity index (χ1) is 10.7. The lowest BCUT2D eigenvalue weighted by Gasteiger charge is -2.22. The van der Waals surface area contributed by atoms with Crippen molar-refractivity contribution in [1.82, 2.24) is 10.2 Å². The smallest absolute Gasteiger partial charge is 0.216 e. The van der Waals surface area contributed by atoms with Crippen molar-refractivity contribution in [2.45, 2.75) is 52.1 Å². The maximum atomic E-state index is 10.2. The van der Waals surface area contributed by atoms with Gasteiger partial charge in [-0.1, -0.05) is 43.7 Å². The summed E-state index contributed by atoms with van der Waals surface area (Å²) in [5.74, 6) is 0.0680. The molecule has 1 atom stereocenters. The van der Waals surface area contributed by atoms with E-state index in [1.54, 1.807) is 0 Å². The molecule has 1 fully saturated rings. The molecule has 1 unspecified atom stereocenters. The predicted molar refractivity (Wildman–Crippen MR) is 90.6 cm³/mol. The summed E-state index contributed by atoms with van der Waals surface area (Å²) in [6.07, 6.45) is 4.58. The predicted octanol–water partition coefficient (Wildman–Crippen LogP) is 2.57. The Morgan fingerprint density at radius 1 is 1.36 bits per heavy atom. The number of nitrogens with one attached hydrogen (secondary N) is 1. The van der Waals surface area contributed by atoms with E-state index in [1.165, 1.54) is 18.9 Å². The highest BCUT2D eigenvalue weighted by molar-refractivity contribution is 5.72. The monoisotopic (exact) mass is 306 g/mol. The van der Waals surface area contributed by atoms with E-state index in [4.69, 9.17) is 0 Å². The van der Waals surface area contributed by atoms with Gasteiger partial charge in [-0.3, -0.25) is 9.69 Å². The Morgan fingerprint density at radius 3 is 2.68 bits per heavy atom. The molecule has 1 aromatic carbocycles. The van der Waals surface area contributed by atoms with Gasteiger partial charge in [0.05, 0.1) is 6.61 Å². The molecule has 2 rings (SSSR count). The summed E-state index contributed by atoms with van der Waals surface area (Å²) in [4.78, 5) is 12.6. The lowest BCUT2D eigenvalue weighted by atomic mass is 10.2. The van der Waals surface area contributed by atoms with E-state index in [0.717, 1.165) is 38.9 Å². The van der Waals surface area contributed by atoms with Crippen LogP contribution in [0.25, 0.3) is 0 Å². The normalized spacial score (nSPS) is 17.7. The van der Waals surface area contributed by atoms with Gasteiger partial charge in [0.2, 0.25) is 5.91 Å².